The molecule has 0 aliphatic rings. The van der Waals surface area contributed by atoms with Crippen LogP contribution in [0.25, 0.3) is 10.2 Å². The monoisotopic (exact) mass is 311 g/mol. The first-order chi connectivity index (χ1) is 10.7. The Bertz CT molecular complexity index is 894. The van der Waals surface area contributed by atoms with Gasteiger partial charge in [0.25, 0.3) is 0 Å². The first kappa shape index (κ1) is 14.2. The summed E-state index contributed by atoms with van der Waals surface area (Å²) >= 11 is 1.42. The molecule has 0 aliphatic heterocycles. The van der Waals surface area contributed by atoms with Crippen LogP contribution < -0.4 is 4.80 Å². The van der Waals surface area contributed by atoms with Gasteiger partial charge < -0.3 is 9.67 Å². The van der Waals surface area contributed by atoms with Crippen LogP contribution in [-0.4, -0.2) is 21.9 Å². The molecular weight excluding hydrogens is 298 g/mol. The van der Waals surface area contributed by atoms with Gasteiger partial charge in [0, 0.05) is 0 Å². The van der Waals surface area contributed by atoms with Gasteiger partial charge in [-0.05, 0) is 17.7 Å². The Morgan fingerprint density at radius 1 is 1.14 bits per heavy atom. The minimum atomic E-state index is -0.906. The van der Waals surface area contributed by atoms with E-state index in [0.29, 0.717) is 4.80 Å². The van der Waals surface area contributed by atoms with Crippen LogP contribution in [0.15, 0.2) is 64.8 Å². The zero-order valence-electron chi connectivity index (χ0n) is 11.6. The van der Waals surface area contributed by atoms with Crippen molar-refractivity contribution in [2.24, 2.45) is 10.2 Å². The maximum atomic E-state index is 11.1. The van der Waals surface area contributed by atoms with Crippen LogP contribution in [0.3, 0.4) is 0 Å². The highest BCUT2D eigenvalue weighted by molar-refractivity contribution is 7.16. The van der Waals surface area contributed by atoms with Gasteiger partial charge in [-0.25, -0.2) is 0 Å². The van der Waals surface area contributed by atoms with Gasteiger partial charge in [0.2, 0.25) is 4.80 Å². The molecule has 6 heteroatoms. The molecule has 0 unspecified atom stereocenters. The van der Waals surface area contributed by atoms with Crippen molar-refractivity contribution in [2.45, 2.75) is 6.54 Å². The lowest BCUT2D eigenvalue weighted by molar-refractivity contribution is -0.137. The maximum absolute atomic E-state index is 11.1. The van der Waals surface area contributed by atoms with E-state index in [1.807, 2.05) is 54.6 Å². The third kappa shape index (κ3) is 3.12. The summed E-state index contributed by atoms with van der Waals surface area (Å²) in [6, 6.07) is 17.3. The molecule has 0 spiro atoms. The number of fused-ring (bicyclic) bond motifs is 1. The van der Waals surface area contributed by atoms with Gasteiger partial charge in [-0.15, -0.1) is 5.10 Å². The number of carbonyl (C=O) groups is 1. The molecule has 3 aromatic rings. The lowest BCUT2D eigenvalue weighted by Gasteiger charge is -1.99. The minimum Gasteiger partial charge on any atom is -0.480 e. The average Bonchev–Trinajstić information content (AvgIpc) is 2.86. The summed E-state index contributed by atoms with van der Waals surface area (Å²) in [5.74, 6) is -0.906. The molecule has 2 aromatic carbocycles. The molecule has 0 fully saturated rings. The fraction of sp³-hybridized carbons (Fsp3) is 0.0625. The van der Waals surface area contributed by atoms with E-state index in [9.17, 15) is 4.79 Å². The predicted octanol–water partition coefficient (Wildman–Crippen LogP) is 2.72. The van der Waals surface area contributed by atoms with Gasteiger partial charge in [-0.3, -0.25) is 4.79 Å². The molecule has 0 amide bonds. The highest BCUT2D eigenvalue weighted by Gasteiger charge is 2.08. The molecule has 1 N–H and O–H groups in total. The summed E-state index contributed by atoms with van der Waals surface area (Å²) in [6.45, 7) is -0.135. The zero-order chi connectivity index (χ0) is 15.4. The Kier molecular flexibility index (Phi) is 4.11. The molecule has 0 saturated carbocycles. The van der Waals surface area contributed by atoms with Crippen LogP contribution in [0.4, 0.5) is 0 Å². The molecule has 0 radical (unpaired) electrons. The van der Waals surface area contributed by atoms with Crippen molar-refractivity contribution in [3.63, 3.8) is 0 Å². The SMILES string of the molecule is O=C(O)Cn1/c(=N\N=C\c2ccccc2)sc2ccccc21. The Morgan fingerprint density at radius 2 is 1.86 bits per heavy atom. The number of carboxylic acids is 1. The zero-order valence-corrected chi connectivity index (χ0v) is 12.4. The molecule has 5 nitrogen and oxygen atoms in total. The van der Waals surface area contributed by atoms with Crippen LogP contribution in [-0.2, 0) is 11.3 Å². The standard InChI is InChI=1S/C16H13N3O2S/c20-15(21)11-19-13-8-4-5-9-14(13)22-16(19)18-17-10-12-6-2-1-3-7-12/h1-10H,11H2,(H,20,21)/b17-10+,18-16+. The fourth-order valence-electron chi connectivity index (χ4n) is 2.07. The van der Waals surface area contributed by atoms with Crippen molar-refractivity contribution in [2.75, 3.05) is 0 Å². The summed E-state index contributed by atoms with van der Waals surface area (Å²) in [5.41, 5.74) is 1.79. The van der Waals surface area contributed by atoms with Gasteiger partial charge in [-0.2, -0.15) is 5.10 Å². The van der Waals surface area contributed by atoms with Crippen molar-refractivity contribution in [1.82, 2.24) is 4.57 Å². The molecule has 1 aromatic heterocycles. The van der Waals surface area contributed by atoms with E-state index in [1.54, 1.807) is 10.8 Å². The van der Waals surface area contributed by atoms with Crippen molar-refractivity contribution in [3.05, 3.63) is 65.0 Å². The fourth-order valence-corrected chi connectivity index (χ4v) is 3.06. The summed E-state index contributed by atoms with van der Waals surface area (Å²) in [5, 5.41) is 17.3. The van der Waals surface area contributed by atoms with Crippen molar-refractivity contribution >= 4 is 33.7 Å². The number of aromatic nitrogens is 1. The molecule has 0 saturated heterocycles. The quantitative estimate of drug-likeness (QED) is 0.594. The third-order valence-electron chi connectivity index (χ3n) is 3.03. The van der Waals surface area contributed by atoms with Crippen LogP contribution in [0.1, 0.15) is 5.56 Å². The summed E-state index contributed by atoms with van der Waals surface area (Å²) in [4.78, 5) is 11.6. The molecule has 0 atom stereocenters. The summed E-state index contributed by atoms with van der Waals surface area (Å²) < 4.78 is 2.64. The topological polar surface area (TPSA) is 66.9 Å². The van der Waals surface area contributed by atoms with Gasteiger partial charge in [-0.1, -0.05) is 53.8 Å². The van der Waals surface area contributed by atoms with E-state index in [1.165, 1.54) is 11.3 Å². The van der Waals surface area contributed by atoms with Crippen LogP contribution in [0.5, 0.6) is 0 Å². The Labute approximate surface area is 130 Å². The summed E-state index contributed by atoms with van der Waals surface area (Å²) in [7, 11) is 0. The van der Waals surface area contributed by atoms with Gasteiger partial charge in [0.1, 0.15) is 6.54 Å². The smallest absolute Gasteiger partial charge is 0.323 e. The van der Waals surface area contributed by atoms with Crippen LogP contribution in [0.2, 0.25) is 0 Å². The number of para-hydroxylation sites is 1. The number of carboxylic acid groups (broad SMARTS) is 1. The number of hydrogen-bond donors (Lipinski definition) is 1. The molecule has 0 bridgehead atoms. The highest BCUT2D eigenvalue weighted by atomic mass is 32.1. The number of thiazole rings is 1. The van der Waals surface area contributed by atoms with E-state index in [-0.39, 0.29) is 6.54 Å². The van der Waals surface area contributed by atoms with Crippen LogP contribution in [0, 0.1) is 0 Å². The number of rotatable bonds is 4. The van der Waals surface area contributed by atoms with Crippen LogP contribution >= 0.6 is 11.3 Å². The van der Waals surface area contributed by atoms with Crippen molar-refractivity contribution in [3.8, 4) is 0 Å². The Balaban J connectivity index is 2.03. The van der Waals surface area contributed by atoms with E-state index < -0.39 is 5.97 Å². The first-order valence-electron chi connectivity index (χ1n) is 6.66. The number of hydrogen-bond acceptors (Lipinski definition) is 4. The minimum absolute atomic E-state index is 0.135. The highest BCUT2D eigenvalue weighted by Crippen LogP contribution is 2.16. The van der Waals surface area contributed by atoms with Crippen molar-refractivity contribution < 1.29 is 9.90 Å². The molecule has 110 valence electrons. The van der Waals surface area contributed by atoms with E-state index in [4.69, 9.17) is 5.11 Å². The average molecular weight is 311 g/mol. The Morgan fingerprint density at radius 3 is 2.64 bits per heavy atom. The Hall–Kier alpha value is -2.73. The second-order valence-corrected chi connectivity index (χ2v) is 5.60. The molecule has 3 rings (SSSR count). The predicted molar refractivity (Wildman–Crippen MR) is 87.0 cm³/mol. The lowest BCUT2D eigenvalue weighted by atomic mass is 10.2. The lowest BCUT2D eigenvalue weighted by Crippen LogP contribution is -2.19. The molecule has 0 aliphatic carbocycles. The maximum Gasteiger partial charge on any atom is 0.323 e. The van der Waals surface area contributed by atoms with Gasteiger partial charge in [0.15, 0.2) is 0 Å². The number of nitrogens with zero attached hydrogens (tertiary/aromatic N) is 3. The molecular formula is C16H13N3O2S. The third-order valence-corrected chi connectivity index (χ3v) is 4.08. The largest absolute Gasteiger partial charge is 0.480 e. The van der Waals surface area contributed by atoms with E-state index >= 15 is 0 Å². The summed E-state index contributed by atoms with van der Waals surface area (Å²) in [6.07, 6.45) is 1.65. The second kappa shape index (κ2) is 6.36. The second-order valence-electron chi connectivity index (χ2n) is 4.59. The molecule has 1 heterocycles. The number of aliphatic carboxylic acids is 1. The van der Waals surface area contributed by atoms with Gasteiger partial charge in [0.05, 0.1) is 16.4 Å². The molecule has 22 heavy (non-hydrogen) atoms. The van der Waals surface area contributed by atoms with Gasteiger partial charge >= 0.3 is 5.97 Å². The van der Waals surface area contributed by atoms with E-state index in [0.717, 1.165) is 15.8 Å². The normalized spacial score (nSPS) is 12.3. The number of benzene rings is 2. The van der Waals surface area contributed by atoms with Crippen molar-refractivity contribution in [1.29, 1.82) is 0 Å². The van der Waals surface area contributed by atoms with E-state index in [2.05, 4.69) is 10.2 Å². The first-order valence-corrected chi connectivity index (χ1v) is 7.48.